The summed E-state index contributed by atoms with van der Waals surface area (Å²) in [6.45, 7) is 3.58. The number of aliphatic carboxylic acids is 1. The molecule has 0 aliphatic rings. The monoisotopic (exact) mass is 155 g/mol. The molecular weight excluding hydrogens is 142 g/mol. The molecule has 11 heavy (non-hydrogen) atoms. The minimum atomic E-state index is -0.883. The summed E-state index contributed by atoms with van der Waals surface area (Å²) in [6.07, 6.45) is 5.04. The second kappa shape index (κ2) is 3.40. The van der Waals surface area contributed by atoms with Crippen molar-refractivity contribution < 1.29 is 9.90 Å². The molecule has 0 spiro atoms. The Hall–Kier alpha value is -1.01. The molecule has 3 heteroatoms. The number of carboxylic acid groups (broad SMARTS) is 1. The smallest absolute Gasteiger partial charge is 0.323 e. The van der Waals surface area contributed by atoms with Crippen molar-refractivity contribution in [3.63, 3.8) is 0 Å². The van der Waals surface area contributed by atoms with Gasteiger partial charge in [0.25, 0.3) is 0 Å². The van der Waals surface area contributed by atoms with E-state index in [1.807, 2.05) is 0 Å². The van der Waals surface area contributed by atoms with E-state index in [9.17, 15) is 4.79 Å². The van der Waals surface area contributed by atoms with Crippen LogP contribution in [0.15, 0.2) is 0 Å². The van der Waals surface area contributed by atoms with Gasteiger partial charge in [0.05, 0.1) is 6.54 Å². The minimum absolute atomic E-state index is 0.347. The molecule has 0 saturated heterocycles. The van der Waals surface area contributed by atoms with Crippen LogP contribution in [0.4, 0.5) is 0 Å². The predicted molar refractivity (Wildman–Crippen MR) is 43.2 cm³/mol. The molecule has 1 N–H and O–H groups in total. The fraction of sp³-hybridized carbons (Fsp3) is 0.625. The average molecular weight is 155 g/mol. The highest BCUT2D eigenvalue weighted by molar-refractivity contribution is 5.77. The van der Waals surface area contributed by atoms with Gasteiger partial charge >= 0.3 is 5.97 Å². The first-order valence-corrected chi connectivity index (χ1v) is 3.31. The lowest BCUT2D eigenvalue weighted by molar-refractivity contribution is -0.148. The van der Waals surface area contributed by atoms with Gasteiger partial charge in [-0.25, -0.2) is 0 Å². The van der Waals surface area contributed by atoms with Gasteiger partial charge in [0.15, 0.2) is 0 Å². The summed E-state index contributed by atoms with van der Waals surface area (Å²) < 4.78 is 0. The molecule has 0 atom stereocenters. The molecule has 0 aliphatic heterocycles. The van der Waals surface area contributed by atoms with E-state index in [0.29, 0.717) is 6.54 Å². The second-order valence-corrected chi connectivity index (χ2v) is 2.92. The Bertz CT molecular complexity index is 191. The number of likely N-dealkylation sites (N-methyl/N-ethyl adjacent to an activating group) is 1. The van der Waals surface area contributed by atoms with Crippen molar-refractivity contribution in [2.75, 3.05) is 13.6 Å². The van der Waals surface area contributed by atoms with Crippen LogP contribution in [0.3, 0.4) is 0 Å². The van der Waals surface area contributed by atoms with Gasteiger partial charge in [-0.15, -0.1) is 6.42 Å². The maximum absolute atomic E-state index is 10.6. The van der Waals surface area contributed by atoms with Gasteiger partial charge in [0.1, 0.15) is 5.54 Å². The van der Waals surface area contributed by atoms with E-state index in [1.165, 1.54) is 0 Å². The van der Waals surface area contributed by atoms with E-state index in [0.717, 1.165) is 0 Å². The molecule has 0 aliphatic carbocycles. The lowest BCUT2D eigenvalue weighted by Gasteiger charge is -2.29. The zero-order chi connectivity index (χ0) is 9.07. The van der Waals surface area contributed by atoms with Crippen LogP contribution in [0.2, 0.25) is 0 Å². The number of hydrogen-bond acceptors (Lipinski definition) is 2. The maximum atomic E-state index is 10.6. The number of hydrogen-bond donors (Lipinski definition) is 1. The van der Waals surface area contributed by atoms with Gasteiger partial charge < -0.3 is 5.11 Å². The fourth-order valence-corrected chi connectivity index (χ4v) is 0.498. The van der Waals surface area contributed by atoms with Crippen LogP contribution in [0.25, 0.3) is 0 Å². The zero-order valence-corrected chi connectivity index (χ0v) is 7.09. The van der Waals surface area contributed by atoms with Gasteiger partial charge in [0, 0.05) is 0 Å². The SMILES string of the molecule is C#CCN(C)C(C)(C)C(=O)O. The molecule has 0 aromatic rings. The zero-order valence-electron chi connectivity index (χ0n) is 7.09. The maximum Gasteiger partial charge on any atom is 0.323 e. The van der Waals surface area contributed by atoms with Crippen LogP contribution in [0, 0.1) is 12.3 Å². The largest absolute Gasteiger partial charge is 0.480 e. The fourth-order valence-electron chi connectivity index (χ4n) is 0.498. The molecule has 0 saturated carbocycles. The summed E-state index contributed by atoms with van der Waals surface area (Å²) in [5.41, 5.74) is -0.883. The van der Waals surface area contributed by atoms with Gasteiger partial charge in [-0.3, -0.25) is 9.69 Å². The van der Waals surface area contributed by atoms with Crippen molar-refractivity contribution in [2.45, 2.75) is 19.4 Å². The van der Waals surface area contributed by atoms with Crippen molar-refractivity contribution in [1.29, 1.82) is 0 Å². The number of rotatable bonds is 3. The topological polar surface area (TPSA) is 40.5 Å². The Morgan fingerprint density at radius 3 is 2.45 bits per heavy atom. The molecule has 0 rings (SSSR count). The van der Waals surface area contributed by atoms with E-state index in [1.54, 1.807) is 25.8 Å². The molecule has 62 valence electrons. The van der Waals surface area contributed by atoms with Crippen LogP contribution >= 0.6 is 0 Å². The van der Waals surface area contributed by atoms with E-state index >= 15 is 0 Å². The first-order valence-electron chi connectivity index (χ1n) is 3.31. The van der Waals surface area contributed by atoms with Gasteiger partial charge in [0.2, 0.25) is 0 Å². The van der Waals surface area contributed by atoms with Crippen LogP contribution in [0.1, 0.15) is 13.8 Å². The molecule has 0 aromatic heterocycles. The third-order valence-corrected chi connectivity index (χ3v) is 1.81. The number of terminal acetylenes is 1. The average Bonchev–Trinajstić information content (AvgIpc) is 1.88. The van der Waals surface area contributed by atoms with Crippen molar-refractivity contribution in [3.8, 4) is 12.3 Å². The van der Waals surface area contributed by atoms with Crippen LogP contribution in [0.5, 0.6) is 0 Å². The number of nitrogens with zero attached hydrogens (tertiary/aromatic N) is 1. The second-order valence-electron chi connectivity index (χ2n) is 2.92. The van der Waals surface area contributed by atoms with Gasteiger partial charge in [-0.1, -0.05) is 5.92 Å². The molecule has 0 heterocycles. The molecule has 0 fully saturated rings. The molecular formula is C8H13NO2. The summed E-state index contributed by atoms with van der Waals surface area (Å²) in [5, 5.41) is 8.73. The Balaban J connectivity index is 4.31. The molecule has 3 nitrogen and oxygen atoms in total. The van der Waals surface area contributed by atoms with Crippen molar-refractivity contribution in [3.05, 3.63) is 0 Å². The summed E-state index contributed by atoms with van der Waals surface area (Å²) >= 11 is 0. The lowest BCUT2D eigenvalue weighted by atomic mass is 10.0. The standard InChI is InChI=1S/C8H13NO2/c1-5-6-9(4)8(2,3)7(10)11/h1H,6H2,2-4H3,(H,10,11). The summed E-state index contributed by atoms with van der Waals surface area (Å²) in [4.78, 5) is 12.2. The first-order chi connectivity index (χ1) is 4.92. The Kier molecular flexibility index (Phi) is 3.09. The summed E-state index contributed by atoms with van der Waals surface area (Å²) in [7, 11) is 1.69. The normalized spacial score (nSPS) is 11.2. The quantitative estimate of drug-likeness (QED) is 0.600. The number of carbonyl (C=O) groups is 1. The Morgan fingerprint density at radius 1 is 1.73 bits per heavy atom. The van der Waals surface area contributed by atoms with Crippen LogP contribution in [-0.4, -0.2) is 35.1 Å². The third-order valence-electron chi connectivity index (χ3n) is 1.81. The highest BCUT2D eigenvalue weighted by Crippen LogP contribution is 2.10. The van der Waals surface area contributed by atoms with Crippen molar-refractivity contribution in [2.24, 2.45) is 0 Å². The first kappa shape index (κ1) is 9.99. The minimum Gasteiger partial charge on any atom is -0.480 e. The van der Waals surface area contributed by atoms with E-state index in [2.05, 4.69) is 5.92 Å². The molecule has 0 radical (unpaired) electrons. The van der Waals surface area contributed by atoms with E-state index in [-0.39, 0.29) is 0 Å². The Morgan fingerprint density at radius 2 is 2.18 bits per heavy atom. The lowest BCUT2D eigenvalue weighted by Crippen LogP contribution is -2.47. The van der Waals surface area contributed by atoms with Crippen molar-refractivity contribution >= 4 is 5.97 Å². The molecule has 0 aromatic carbocycles. The predicted octanol–water partition coefficient (Wildman–Crippen LogP) is 0.415. The van der Waals surface area contributed by atoms with Crippen LogP contribution < -0.4 is 0 Å². The number of carboxylic acids is 1. The summed E-state index contributed by atoms with van der Waals surface area (Å²) in [6, 6.07) is 0. The highest BCUT2D eigenvalue weighted by Gasteiger charge is 2.31. The van der Waals surface area contributed by atoms with Crippen molar-refractivity contribution in [1.82, 2.24) is 4.90 Å². The van der Waals surface area contributed by atoms with Gasteiger partial charge in [-0.05, 0) is 20.9 Å². The van der Waals surface area contributed by atoms with Crippen LogP contribution in [-0.2, 0) is 4.79 Å². The highest BCUT2D eigenvalue weighted by atomic mass is 16.4. The van der Waals surface area contributed by atoms with Gasteiger partial charge in [-0.2, -0.15) is 0 Å². The third kappa shape index (κ3) is 2.24. The van der Waals surface area contributed by atoms with E-state index in [4.69, 9.17) is 11.5 Å². The molecule has 0 bridgehead atoms. The summed E-state index contributed by atoms with van der Waals surface area (Å²) in [5.74, 6) is 1.53. The molecule has 0 unspecified atom stereocenters. The molecule has 0 amide bonds. The van der Waals surface area contributed by atoms with E-state index < -0.39 is 11.5 Å². The Labute approximate surface area is 67.0 Å².